The third-order valence-electron chi connectivity index (χ3n) is 3.08. The molecule has 4 heteroatoms. The fourth-order valence-electron chi connectivity index (χ4n) is 2.23. The van der Waals surface area contributed by atoms with E-state index in [2.05, 4.69) is 36.7 Å². The van der Waals surface area contributed by atoms with Gasteiger partial charge >= 0.3 is 0 Å². The maximum Gasteiger partial charge on any atom is 0.192 e. The number of rotatable bonds is 0. The number of fused-ring (bicyclic) bond motifs is 1. The fourth-order valence-corrected chi connectivity index (χ4v) is 2.92. The lowest BCUT2D eigenvalue weighted by Gasteiger charge is -2.06. The Kier molecular flexibility index (Phi) is 3.80. The van der Waals surface area contributed by atoms with Crippen molar-refractivity contribution in [1.29, 1.82) is 0 Å². The summed E-state index contributed by atoms with van der Waals surface area (Å²) in [6.07, 6.45) is 0. The Morgan fingerprint density at radius 3 is 2.05 bits per heavy atom. The number of ketones is 1. The maximum atomic E-state index is 12.5. The van der Waals surface area contributed by atoms with E-state index in [9.17, 15) is 4.79 Å². The third kappa shape index (κ3) is 2.22. The zero-order valence-corrected chi connectivity index (χ0v) is 13.9. The van der Waals surface area contributed by atoms with Gasteiger partial charge in [0.25, 0.3) is 0 Å². The van der Waals surface area contributed by atoms with E-state index in [0.717, 1.165) is 25.7 Å². The van der Waals surface area contributed by atoms with E-state index in [1.54, 1.807) is 6.92 Å². The average Bonchev–Trinajstić information content (AvgIpc) is 2.63. The number of allylic oxidation sites excluding steroid dienone is 4. The van der Waals surface area contributed by atoms with Crippen LogP contribution in [0.1, 0.15) is 36.7 Å². The Morgan fingerprint density at radius 1 is 1.05 bits per heavy atom. The minimum Gasteiger partial charge on any atom is -0.289 e. The second kappa shape index (κ2) is 5.07. The summed E-state index contributed by atoms with van der Waals surface area (Å²) < 4.78 is 1.72. The molecule has 2 nitrogen and oxygen atoms in total. The summed E-state index contributed by atoms with van der Waals surface area (Å²) in [7, 11) is 0. The van der Waals surface area contributed by atoms with Gasteiger partial charge in [0, 0.05) is 20.1 Å². The molecule has 1 aromatic rings. The van der Waals surface area contributed by atoms with Gasteiger partial charge in [0.05, 0.1) is 6.57 Å². The zero-order chi connectivity index (χ0) is 14.3. The molecule has 0 radical (unpaired) electrons. The fraction of sp³-hybridized carbons (Fsp3) is 0.200. The molecular formula is C15H11Br2NO. The topological polar surface area (TPSA) is 21.4 Å². The predicted octanol–water partition coefficient (Wildman–Crippen LogP) is 5.39. The van der Waals surface area contributed by atoms with Crippen molar-refractivity contribution in [3.05, 3.63) is 60.5 Å². The highest BCUT2D eigenvalue weighted by Gasteiger charge is 2.32. The number of carbonyl (C=O) groups is 1. The van der Waals surface area contributed by atoms with Gasteiger partial charge < -0.3 is 0 Å². The molecule has 0 heterocycles. The number of nitrogens with zero attached hydrogens (tertiary/aromatic N) is 1. The predicted molar refractivity (Wildman–Crippen MR) is 83.7 cm³/mol. The van der Waals surface area contributed by atoms with Crippen molar-refractivity contribution in [3.63, 3.8) is 0 Å². The zero-order valence-electron chi connectivity index (χ0n) is 10.8. The first kappa shape index (κ1) is 14.2. The summed E-state index contributed by atoms with van der Waals surface area (Å²) in [6.45, 7) is 12.8. The number of hydrogen-bond acceptors (Lipinski definition) is 1. The Balaban J connectivity index is 2.91. The lowest BCUT2D eigenvalue weighted by molar-refractivity contribution is 0.104. The molecule has 0 aromatic heterocycles. The van der Waals surface area contributed by atoms with E-state index in [1.165, 1.54) is 0 Å². The lowest BCUT2D eigenvalue weighted by Crippen LogP contribution is -1.97. The highest BCUT2D eigenvalue weighted by molar-refractivity contribution is 9.13. The standard InChI is InChI=1S/C15H11Br2NO/c1-7(2)13-14(8(3)18-4)9-5-11(16)12(17)6-10(9)15(13)19/h5-6H,1-3H3/b14-8+. The SMILES string of the molecule is [C-]#[N+]/C(C)=C1/C(=C(C)C)C(=O)c2cc(Br)c(Br)cc21. The minimum atomic E-state index is 0.00111. The van der Waals surface area contributed by atoms with Crippen LogP contribution in [-0.4, -0.2) is 5.78 Å². The summed E-state index contributed by atoms with van der Waals surface area (Å²) in [5.74, 6) is 0.00111. The van der Waals surface area contributed by atoms with Gasteiger partial charge in [-0.1, -0.05) is 5.57 Å². The Bertz CT molecular complexity index is 702. The summed E-state index contributed by atoms with van der Waals surface area (Å²) >= 11 is 6.87. The molecule has 0 unspecified atom stereocenters. The summed E-state index contributed by atoms with van der Waals surface area (Å²) in [6, 6.07) is 3.71. The van der Waals surface area contributed by atoms with E-state index >= 15 is 0 Å². The summed E-state index contributed by atoms with van der Waals surface area (Å²) in [4.78, 5) is 16.0. The van der Waals surface area contributed by atoms with E-state index < -0.39 is 0 Å². The molecule has 0 amide bonds. The van der Waals surface area contributed by atoms with E-state index in [0.29, 0.717) is 16.8 Å². The normalized spacial score (nSPS) is 16.2. The number of hydrogen-bond donors (Lipinski definition) is 0. The Morgan fingerprint density at radius 2 is 1.58 bits per heavy atom. The van der Waals surface area contributed by atoms with Crippen LogP contribution in [0, 0.1) is 6.57 Å². The molecule has 0 N–H and O–H groups in total. The van der Waals surface area contributed by atoms with Crippen LogP contribution in [0.3, 0.4) is 0 Å². The van der Waals surface area contributed by atoms with Crippen molar-refractivity contribution in [2.75, 3.05) is 0 Å². The van der Waals surface area contributed by atoms with Crippen LogP contribution in [-0.2, 0) is 0 Å². The van der Waals surface area contributed by atoms with Crippen molar-refractivity contribution < 1.29 is 4.79 Å². The quantitative estimate of drug-likeness (QED) is 0.436. The molecule has 0 aliphatic heterocycles. The van der Waals surface area contributed by atoms with Gasteiger partial charge in [-0.2, -0.15) is 0 Å². The molecule has 19 heavy (non-hydrogen) atoms. The molecule has 0 atom stereocenters. The number of benzene rings is 1. The van der Waals surface area contributed by atoms with Crippen molar-refractivity contribution in [3.8, 4) is 0 Å². The van der Waals surface area contributed by atoms with Crippen LogP contribution in [0.15, 0.2) is 37.9 Å². The molecule has 1 aliphatic carbocycles. The molecule has 0 fully saturated rings. The molecule has 0 saturated carbocycles. The second-order valence-electron chi connectivity index (χ2n) is 4.59. The first-order valence-electron chi connectivity index (χ1n) is 5.68. The second-order valence-corrected chi connectivity index (χ2v) is 6.30. The van der Waals surface area contributed by atoms with E-state index in [4.69, 9.17) is 6.57 Å². The molecule has 1 aliphatic rings. The highest BCUT2D eigenvalue weighted by atomic mass is 79.9. The van der Waals surface area contributed by atoms with Crippen LogP contribution < -0.4 is 0 Å². The van der Waals surface area contributed by atoms with Gasteiger partial charge in [-0.25, -0.2) is 4.85 Å². The number of carbonyl (C=O) groups excluding carboxylic acids is 1. The smallest absolute Gasteiger partial charge is 0.192 e. The third-order valence-corrected chi connectivity index (χ3v) is 4.93. The van der Waals surface area contributed by atoms with Gasteiger partial charge in [0.15, 0.2) is 11.5 Å². The molecule has 0 saturated heterocycles. The first-order chi connectivity index (χ1) is 8.88. The molecular weight excluding hydrogens is 370 g/mol. The number of Topliss-reactive ketones (excluding diaryl/α,β-unsaturated/α-hetero) is 1. The van der Waals surface area contributed by atoms with Crippen LogP contribution in [0.25, 0.3) is 10.4 Å². The van der Waals surface area contributed by atoms with Gasteiger partial charge in [-0.3, -0.25) is 4.79 Å². The van der Waals surface area contributed by atoms with Crippen molar-refractivity contribution >= 4 is 43.2 Å². The van der Waals surface area contributed by atoms with Crippen LogP contribution in [0.2, 0.25) is 0 Å². The minimum absolute atomic E-state index is 0.00111. The maximum absolute atomic E-state index is 12.5. The Labute approximate surface area is 129 Å². The average molecular weight is 381 g/mol. The molecule has 0 spiro atoms. The molecule has 96 valence electrons. The van der Waals surface area contributed by atoms with Gasteiger partial charge in [-0.05, 0) is 75.9 Å². The van der Waals surface area contributed by atoms with Crippen molar-refractivity contribution in [2.24, 2.45) is 0 Å². The molecule has 2 rings (SSSR count). The summed E-state index contributed by atoms with van der Waals surface area (Å²) in [5.41, 5.74) is 4.41. The van der Waals surface area contributed by atoms with Gasteiger partial charge in [-0.15, -0.1) is 0 Å². The van der Waals surface area contributed by atoms with Crippen LogP contribution in [0.4, 0.5) is 0 Å². The molecule has 0 bridgehead atoms. The van der Waals surface area contributed by atoms with E-state index in [-0.39, 0.29) is 5.78 Å². The molecule has 1 aromatic carbocycles. The van der Waals surface area contributed by atoms with Crippen LogP contribution >= 0.6 is 31.9 Å². The van der Waals surface area contributed by atoms with Crippen molar-refractivity contribution in [2.45, 2.75) is 20.8 Å². The lowest BCUT2D eigenvalue weighted by atomic mass is 10.00. The van der Waals surface area contributed by atoms with Gasteiger partial charge in [0.2, 0.25) is 0 Å². The first-order valence-corrected chi connectivity index (χ1v) is 7.27. The highest BCUT2D eigenvalue weighted by Crippen LogP contribution is 2.43. The summed E-state index contributed by atoms with van der Waals surface area (Å²) in [5, 5.41) is 0. The van der Waals surface area contributed by atoms with Crippen molar-refractivity contribution in [1.82, 2.24) is 0 Å². The largest absolute Gasteiger partial charge is 0.289 e. The Hall–Kier alpha value is -1.18. The number of halogens is 2. The van der Waals surface area contributed by atoms with E-state index in [1.807, 2.05) is 26.0 Å². The monoisotopic (exact) mass is 379 g/mol. The van der Waals surface area contributed by atoms with Crippen LogP contribution in [0.5, 0.6) is 0 Å². The van der Waals surface area contributed by atoms with Gasteiger partial charge in [0.1, 0.15) is 0 Å².